The molecule has 1 amide bonds. The molecule has 0 bridgehead atoms. The summed E-state index contributed by atoms with van der Waals surface area (Å²) in [7, 11) is 0. The van der Waals surface area contributed by atoms with Gasteiger partial charge in [-0.15, -0.1) is 0 Å². The monoisotopic (exact) mass is 384 g/mol. The van der Waals surface area contributed by atoms with Crippen molar-refractivity contribution in [1.29, 1.82) is 0 Å². The molecule has 6 heteroatoms. The summed E-state index contributed by atoms with van der Waals surface area (Å²) in [4.78, 5) is 20.7. The van der Waals surface area contributed by atoms with Crippen LogP contribution in [0.3, 0.4) is 0 Å². The van der Waals surface area contributed by atoms with E-state index in [-0.39, 0.29) is 12.5 Å². The van der Waals surface area contributed by atoms with Gasteiger partial charge in [0, 0.05) is 42.3 Å². The Kier molecular flexibility index (Phi) is 5.73. The van der Waals surface area contributed by atoms with Gasteiger partial charge >= 0.3 is 0 Å². The second kappa shape index (κ2) is 8.95. The van der Waals surface area contributed by atoms with Gasteiger partial charge in [-0.25, -0.2) is 0 Å². The molecule has 6 nitrogen and oxygen atoms in total. The third kappa shape index (κ3) is 4.94. The van der Waals surface area contributed by atoms with Crippen molar-refractivity contribution in [2.75, 3.05) is 11.9 Å². The van der Waals surface area contributed by atoms with E-state index in [2.05, 4.69) is 20.6 Å². The maximum atomic E-state index is 12.3. The van der Waals surface area contributed by atoms with Gasteiger partial charge in [0.1, 0.15) is 11.5 Å². The number of nitrogens with one attached hydrogen (secondary N) is 2. The molecule has 0 aliphatic carbocycles. The van der Waals surface area contributed by atoms with E-state index in [1.807, 2.05) is 48.5 Å². The van der Waals surface area contributed by atoms with Crippen LogP contribution in [-0.2, 0) is 11.3 Å². The first-order chi connectivity index (χ1) is 14.3. The zero-order valence-corrected chi connectivity index (χ0v) is 15.7. The minimum absolute atomic E-state index is 0.133. The summed E-state index contributed by atoms with van der Waals surface area (Å²) in [6, 6.07) is 20.9. The summed E-state index contributed by atoms with van der Waals surface area (Å²) in [5.74, 6) is 1.20. The van der Waals surface area contributed by atoms with Crippen LogP contribution in [0.15, 0.2) is 85.3 Å². The first-order valence-electron chi connectivity index (χ1n) is 9.29. The van der Waals surface area contributed by atoms with Crippen LogP contribution in [0.25, 0.3) is 10.8 Å². The predicted molar refractivity (Wildman–Crippen MR) is 113 cm³/mol. The molecule has 144 valence electrons. The van der Waals surface area contributed by atoms with E-state index in [0.717, 1.165) is 16.5 Å². The highest BCUT2D eigenvalue weighted by atomic mass is 16.5. The Labute approximate surface area is 168 Å². The van der Waals surface area contributed by atoms with Crippen LogP contribution < -0.4 is 15.4 Å². The predicted octanol–water partition coefficient (Wildman–Crippen LogP) is 4.15. The topological polar surface area (TPSA) is 76.1 Å². The molecule has 0 atom stereocenters. The zero-order valence-electron chi connectivity index (χ0n) is 15.7. The van der Waals surface area contributed by atoms with Crippen LogP contribution in [0.4, 0.5) is 5.69 Å². The van der Waals surface area contributed by atoms with Crippen molar-refractivity contribution < 1.29 is 9.53 Å². The fourth-order valence-corrected chi connectivity index (χ4v) is 3.00. The van der Waals surface area contributed by atoms with Crippen molar-refractivity contribution >= 4 is 22.4 Å². The van der Waals surface area contributed by atoms with Gasteiger partial charge in [0.05, 0.1) is 12.2 Å². The molecule has 4 aromatic rings. The Morgan fingerprint density at radius 2 is 1.76 bits per heavy atom. The standard InChI is InChI=1S/C23H20N4O2/c28-23(16-25-15-22-21-7-2-1-4-17(21)8-13-26-22)27-18-5-3-6-20(14-18)29-19-9-11-24-12-10-19/h1-14,25H,15-16H2,(H,27,28). The van der Waals surface area contributed by atoms with Crippen LogP contribution >= 0.6 is 0 Å². The van der Waals surface area contributed by atoms with E-state index in [1.165, 1.54) is 0 Å². The van der Waals surface area contributed by atoms with Crippen molar-refractivity contribution in [1.82, 2.24) is 15.3 Å². The largest absolute Gasteiger partial charge is 0.457 e. The molecule has 0 aliphatic rings. The van der Waals surface area contributed by atoms with Crippen LogP contribution in [0.5, 0.6) is 11.5 Å². The van der Waals surface area contributed by atoms with Crippen molar-refractivity contribution in [2.45, 2.75) is 6.54 Å². The van der Waals surface area contributed by atoms with Gasteiger partial charge in [0.15, 0.2) is 0 Å². The SMILES string of the molecule is O=C(CNCc1nccc2ccccc12)Nc1cccc(Oc2ccncc2)c1. The van der Waals surface area contributed by atoms with E-state index >= 15 is 0 Å². The number of pyridine rings is 2. The van der Waals surface area contributed by atoms with Gasteiger partial charge in [0.25, 0.3) is 0 Å². The zero-order chi connectivity index (χ0) is 19.9. The van der Waals surface area contributed by atoms with Gasteiger partial charge in [-0.1, -0.05) is 30.3 Å². The second-order valence-electron chi connectivity index (χ2n) is 6.44. The van der Waals surface area contributed by atoms with Crippen LogP contribution in [0.1, 0.15) is 5.69 Å². The van der Waals surface area contributed by atoms with Crippen LogP contribution in [0, 0.1) is 0 Å². The molecular weight excluding hydrogens is 364 g/mol. The smallest absolute Gasteiger partial charge is 0.238 e. The normalized spacial score (nSPS) is 10.6. The van der Waals surface area contributed by atoms with Crippen LogP contribution in [-0.4, -0.2) is 22.4 Å². The average Bonchev–Trinajstić information content (AvgIpc) is 2.75. The summed E-state index contributed by atoms with van der Waals surface area (Å²) < 4.78 is 5.77. The number of rotatable bonds is 7. The molecule has 0 spiro atoms. The minimum atomic E-state index is -0.133. The molecule has 2 N–H and O–H groups in total. The number of carbonyl (C=O) groups is 1. The van der Waals surface area contributed by atoms with E-state index in [9.17, 15) is 4.79 Å². The number of amides is 1. The fourth-order valence-electron chi connectivity index (χ4n) is 3.00. The lowest BCUT2D eigenvalue weighted by molar-refractivity contribution is -0.115. The third-order valence-electron chi connectivity index (χ3n) is 4.34. The van der Waals surface area contributed by atoms with E-state index < -0.39 is 0 Å². The highest BCUT2D eigenvalue weighted by Gasteiger charge is 2.06. The molecule has 0 fully saturated rings. The lowest BCUT2D eigenvalue weighted by atomic mass is 10.1. The number of hydrogen-bond donors (Lipinski definition) is 2. The molecule has 2 aromatic heterocycles. The van der Waals surface area contributed by atoms with Gasteiger partial charge in [-0.2, -0.15) is 0 Å². The second-order valence-corrected chi connectivity index (χ2v) is 6.44. The number of fused-ring (bicyclic) bond motifs is 1. The lowest BCUT2D eigenvalue weighted by Crippen LogP contribution is -2.28. The first kappa shape index (κ1) is 18.6. The van der Waals surface area contributed by atoms with Crippen molar-refractivity contribution in [3.05, 3.63) is 91.0 Å². The summed E-state index contributed by atoms with van der Waals surface area (Å²) in [6.45, 7) is 0.695. The minimum Gasteiger partial charge on any atom is -0.457 e. The molecule has 2 aromatic carbocycles. The Balaban J connectivity index is 1.32. The van der Waals surface area contributed by atoms with Crippen LogP contribution in [0.2, 0.25) is 0 Å². The van der Waals surface area contributed by atoms with Gasteiger partial charge in [-0.05, 0) is 35.7 Å². The Hall–Kier alpha value is -3.77. The molecule has 4 rings (SSSR count). The molecule has 2 heterocycles. The average molecular weight is 384 g/mol. The quantitative estimate of drug-likeness (QED) is 0.501. The molecule has 0 aliphatic heterocycles. The molecule has 0 radical (unpaired) electrons. The maximum absolute atomic E-state index is 12.3. The number of benzene rings is 2. The molecule has 0 saturated heterocycles. The van der Waals surface area contributed by atoms with E-state index in [0.29, 0.717) is 23.7 Å². The van der Waals surface area contributed by atoms with Crippen molar-refractivity contribution in [3.63, 3.8) is 0 Å². The molecule has 0 saturated carbocycles. The number of carbonyl (C=O) groups excluding carboxylic acids is 1. The van der Waals surface area contributed by atoms with Crippen molar-refractivity contribution in [3.8, 4) is 11.5 Å². The number of nitrogens with zero attached hydrogens (tertiary/aromatic N) is 2. The highest BCUT2D eigenvalue weighted by molar-refractivity contribution is 5.92. The van der Waals surface area contributed by atoms with E-state index in [1.54, 1.807) is 36.8 Å². The highest BCUT2D eigenvalue weighted by Crippen LogP contribution is 2.23. The summed E-state index contributed by atoms with van der Waals surface area (Å²) in [5.41, 5.74) is 1.59. The summed E-state index contributed by atoms with van der Waals surface area (Å²) in [5, 5.41) is 8.25. The third-order valence-corrected chi connectivity index (χ3v) is 4.34. The fraction of sp³-hybridized carbons (Fsp3) is 0.0870. The first-order valence-corrected chi connectivity index (χ1v) is 9.29. The lowest BCUT2D eigenvalue weighted by Gasteiger charge is -2.10. The molecular formula is C23H20N4O2. The molecule has 0 unspecified atom stereocenters. The number of anilines is 1. The Morgan fingerprint density at radius 3 is 2.66 bits per heavy atom. The number of aromatic nitrogens is 2. The van der Waals surface area contributed by atoms with Gasteiger partial charge < -0.3 is 15.4 Å². The Morgan fingerprint density at radius 1 is 0.897 bits per heavy atom. The summed E-state index contributed by atoms with van der Waals surface area (Å²) in [6.07, 6.45) is 5.11. The number of ether oxygens (including phenoxy) is 1. The van der Waals surface area contributed by atoms with Crippen molar-refractivity contribution in [2.24, 2.45) is 0 Å². The molecule has 29 heavy (non-hydrogen) atoms. The van der Waals surface area contributed by atoms with E-state index in [4.69, 9.17) is 4.74 Å². The van der Waals surface area contributed by atoms with Gasteiger partial charge in [-0.3, -0.25) is 14.8 Å². The van der Waals surface area contributed by atoms with Gasteiger partial charge in [0.2, 0.25) is 5.91 Å². The summed E-state index contributed by atoms with van der Waals surface area (Å²) >= 11 is 0. The maximum Gasteiger partial charge on any atom is 0.238 e. The number of hydrogen-bond acceptors (Lipinski definition) is 5. The Bertz CT molecular complexity index is 1110.